The third-order valence-electron chi connectivity index (χ3n) is 5.32. The monoisotopic (exact) mass is 512 g/mol. The van der Waals surface area contributed by atoms with E-state index in [1.54, 1.807) is 44.4 Å². The molecule has 9 nitrogen and oxygen atoms in total. The predicted octanol–water partition coefficient (Wildman–Crippen LogP) is 4.50. The number of nitrogens with one attached hydrogen (secondary N) is 2. The van der Waals surface area contributed by atoms with Gasteiger partial charge in [-0.1, -0.05) is 6.07 Å². The molecule has 4 rings (SSSR count). The van der Waals surface area contributed by atoms with Crippen LogP contribution in [-0.4, -0.2) is 52.0 Å². The van der Waals surface area contributed by atoms with Crippen molar-refractivity contribution in [3.8, 4) is 11.6 Å². The van der Waals surface area contributed by atoms with E-state index in [1.165, 1.54) is 34.1 Å². The van der Waals surface area contributed by atoms with E-state index in [-0.39, 0.29) is 18.1 Å². The molecule has 0 spiro atoms. The number of benzene rings is 2. The molecule has 12 heteroatoms. The number of fused-ring (bicyclic) bond motifs is 1. The first-order chi connectivity index (χ1) is 17.6. The number of carbonyl (C=O) groups is 2. The van der Waals surface area contributed by atoms with Crippen molar-refractivity contribution in [2.75, 3.05) is 26.0 Å². The Morgan fingerprint density at radius 2 is 1.86 bits per heavy atom. The van der Waals surface area contributed by atoms with Gasteiger partial charge in [0, 0.05) is 44.0 Å². The summed E-state index contributed by atoms with van der Waals surface area (Å²) in [6, 6.07) is 12.2. The summed E-state index contributed by atoms with van der Waals surface area (Å²) in [6.07, 6.45) is -1.64. The smallest absolute Gasteiger partial charge is 0.416 e. The van der Waals surface area contributed by atoms with Gasteiger partial charge in [-0.05, 0) is 42.5 Å². The third kappa shape index (κ3) is 6.41. The topological polar surface area (TPSA) is 101 Å². The van der Waals surface area contributed by atoms with E-state index < -0.39 is 17.8 Å². The molecule has 0 bridgehead atoms. The van der Waals surface area contributed by atoms with Gasteiger partial charge in [0.2, 0.25) is 11.8 Å². The fourth-order valence-electron chi connectivity index (χ4n) is 3.42. The lowest BCUT2D eigenvalue weighted by molar-refractivity contribution is -0.137. The molecular weight excluding hydrogens is 489 g/mol. The molecule has 0 saturated heterocycles. The predicted molar refractivity (Wildman–Crippen MR) is 130 cm³/mol. The molecule has 0 fully saturated rings. The first-order valence-electron chi connectivity index (χ1n) is 11.1. The minimum atomic E-state index is -4.51. The highest BCUT2D eigenvalue weighted by Crippen LogP contribution is 2.31. The van der Waals surface area contributed by atoms with Crippen molar-refractivity contribution in [2.24, 2.45) is 0 Å². The summed E-state index contributed by atoms with van der Waals surface area (Å²) >= 11 is 0. The molecule has 0 unspecified atom stereocenters. The number of alkyl halides is 3. The summed E-state index contributed by atoms with van der Waals surface area (Å²) in [4.78, 5) is 34.1. The van der Waals surface area contributed by atoms with Crippen LogP contribution in [-0.2, 0) is 17.5 Å². The summed E-state index contributed by atoms with van der Waals surface area (Å²) in [5.41, 5.74) is 0.349. The molecule has 2 heterocycles. The van der Waals surface area contributed by atoms with Crippen LogP contribution in [0, 0.1) is 0 Å². The van der Waals surface area contributed by atoms with E-state index in [4.69, 9.17) is 4.74 Å². The van der Waals surface area contributed by atoms with Crippen LogP contribution in [0.2, 0.25) is 0 Å². The van der Waals surface area contributed by atoms with Crippen molar-refractivity contribution in [1.29, 1.82) is 0 Å². The van der Waals surface area contributed by atoms with E-state index in [2.05, 4.69) is 20.6 Å². The number of hydrogen-bond acceptors (Lipinski definition) is 6. The highest BCUT2D eigenvalue weighted by molar-refractivity contribution is 5.98. The number of carbonyl (C=O) groups excluding carboxylic acids is 2. The number of aromatic nitrogens is 3. The Morgan fingerprint density at radius 3 is 2.62 bits per heavy atom. The largest absolute Gasteiger partial charge is 0.439 e. The second-order valence-electron chi connectivity index (χ2n) is 8.26. The molecule has 37 heavy (non-hydrogen) atoms. The number of ether oxygens (including phenoxy) is 1. The van der Waals surface area contributed by atoms with E-state index >= 15 is 0 Å². The second-order valence-corrected chi connectivity index (χ2v) is 8.26. The molecule has 0 aliphatic carbocycles. The van der Waals surface area contributed by atoms with Crippen LogP contribution in [0.1, 0.15) is 11.3 Å². The maximum absolute atomic E-state index is 13.0. The molecule has 2 N–H and O–H groups in total. The lowest BCUT2D eigenvalue weighted by Crippen LogP contribution is -2.32. The molecule has 0 aliphatic rings. The van der Waals surface area contributed by atoms with Gasteiger partial charge in [-0.15, -0.1) is 0 Å². The summed E-state index contributed by atoms with van der Waals surface area (Å²) in [5, 5.41) is 6.17. The highest BCUT2D eigenvalue weighted by atomic mass is 19.4. The van der Waals surface area contributed by atoms with Crippen molar-refractivity contribution in [3.63, 3.8) is 0 Å². The van der Waals surface area contributed by atoms with E-state index in [1.807, 2.05) is 0 Å². The molecule has 0 aliphatic heterocycles. The number of hydrogen-bond donors (Lipinski definition) is 2. The summed E-state index contributed by atoms with van der Waals surface area (Å²) < 4.78 is 46.0. The summed E-state index contributed by atoms with van der Waals surface area (Å²) in [7, 11) is 3.35. The number of likely N-dealkylation sites (N-methyl/N-ethyl adjacent to an activating group) is 1. The third-order valence-corrected chi connectivity index (χ3v) is 5.32. The average Bonchev–Trinajstić information content (AvgIpc) is 3.27. The van der Waals surface area contributed by atoms with Crippen LogP contribution < -0.4 is 15.4 Å². The normalized spacial score (nSPS) is 11.4. The highest BCUT2D eigenvalue weighted by Gasteiger charge is 2.30. The molecule has 2 aromatic carbocycles. The van der Waals surface area contributed by atoms with Crippen LogP contribution >= 0.6 is 0 Å². The van der Waals surface area contributed by atoms with Gasteiger partial charge in [-0.2, -0.15) is 13.2 Å². The lowest BCUT2D eigenvalue weighted by Gasteiger charge is -2.11. The fraction of sp³-hybridized carbons (Fsp3) is 0.200. The van der Waals surface area contributed by atoms with Gasteiger partial charge in [-0.25, -0.2) is 14.8 Å². The Kier molecular flexibility index (Phi) is 7.39. The second kappa shape index (κ2) is 10.7. The van der Waals surface area contributed by atoms with Crippen molar-refractivity contribution in [2.45, 2.75) is 12.7 Å². The number of amides is 2. The molecule has 2 aromatic heterocycles. The Morgan fingerprint density at radius 1 is 1.05 bits per heavy atom. The van der Waals surface area contributed by atoms with Crippen LogP contribution in [0.15, 0.2) is 67.1 Å². The fourth-order valence-corrected chi connectivity index (χ4v) is 3.42. The van der Waals surface area contributed by atoms with Crippen molar-refractivity contribution in [3.05, 3.63) is 78.4 Å². The quantitative estimate of drug-likeness (QED) is 0.378. The molecule has 0 atom stereocenters. The standard InChI is InChI=1S/C25H23F3N6O3/c1-33(2)23(35)14-29-13-19-12-22(31-15-30-19)37-20-6-7-21-16(10-20)8-9-34(21)24(36)32-18-5-3-4-17(11-18)25(26,27)28/h3-12,15,29H,13-14H2,1-2H3,(H,32,36). The minimum absolute atomic E-state index is 0.0294. The Bertz CT molecular complexity index is 1430. The van der Waals surface area contributed by atoms with Gasteiger partial charge < -0.3 is 20.3 Å². The maximum atomic E-state index is 13.0. The Balaban J connectivity index is 1.43. The van der Waals surface area contributed by atoms with Crippen molar-refractivity contribution >= 4 is 28.5 Å². The molecule has 0 saturated carbocycles. The van der Waals surface area contributed by atoms with Gasteiger partial charge in [0.05, 0.1) is 23.3 Å². The molecule has 2 amide bonds. The van der Waals surface area contributed by atoms with Gasteiger partial charge in [0.15, 0.2) is 0 Å². The van der Waals surface area contributed by atoms with Gasteiger partial charge in [0.1, 0.15) is 12.1 Å². The van der Waals surface area contributed by atoms with Crippen LogP contribution in [0.3, 0.4) is 0 Å². The first-order valence-corrected chi connectivity index (χ1v) is 11.1. The van der Waals surface area contributed by atoms with Crippen LogP contribution in [0.5, 0.6) is 11.6 Å². The van der Waals surface area contributed by atoms with Crippen LogP contribution in [0.4, 0.5) is 23.7 Å². The number of nitrogens with zero attached hydrogens (tertiary/aromatic N) is 4. The molecular formula is C25H23F3N6O3. The van der Waals surface area contributed by atoms with Gasteiger partial charge >= 0.3 is 12.2 Å². The molecule has 192 valence electrons. The first kappa shape index (κ1) is 25.6. The van der Waals surface area contributed by atoms with Crippen molar-refractivity contribution in [1.82, 2.24) is 24.8 Å². The molecule has 0 radical (unpaired) electrons. The SMILES string of the molecule is CN(C)C(=O)CNCc1cc(Oc2ccc3c(ccn3C(=O)Nc3cccc(C(F)(F)F)c3)c2)ncn1. The zero-order valence-electron chi connectivity index (χ0n) is 19.9. The van der Waals surface area contributed by atoms with E-state index in [9.17, 15) is 22.8 Å². The van der Waals surface area contributed by atoms with Gasteiger partial charge in [0.25, 0.3) is 0 Å². The Labute approximate surface area is 209 Å². The van der Waals surface area contributed by atoms with Crippen LogP contribution in [0.25, 0.3) is 10.9 Å². The lowest BCUT2D eigenvalue weighted by atomic mass is 10.2. The maximum Gasteiger partial charge on any atom is 0.416 e. The number of anilines is 1. The van der Waals surface area contributed by atoms with Crippen molar-refractivity contribution < 1.29 is 27.5 Å². The zero-order chi connectivity index (χ0) is 26.6. The summed E-state index contributed by atoms with van der Waals surface area (Å²) in [5.74, 6) is 0.699. The average molecular weight is 512 g/mol. The number of halogens is 3. The summed E-state index contributed by atoms with van der Waals surface area (Å²) in [6.45, 7) is 0.517. The zero-order valence-corrected chi connectivity index (χ0v) is 19.9. The minimum Gasteiger partial charge on any atom is -0.439 e. The van der Waals surface area contributed by atoms with Gasteiger partial charge in [-0.3, -0.25) is 9.36 Å². The molecule has 4 aromatic rings. The van der Waals surface area contributed by atoms with E-state index in [0.29, 0.717) is 34.8 Å². The van der Waals surface area contributed by atoms with E-state index in [0.717, 1.165) is 12.1 Å². The number of rotatable bonds is 7. The Hall–Kier alpha value is -4.45.